The lowest BCUT2D eigenvalue weighted by Gasteiger charge is -2.18. The van der Waals surface area contributed by atoms with E-state index in [0.717, 1.165) is 23.0 Å². The smallest absolute Gasteiger partial charge is 0.0430 e. The lowest BCUT2D eigenvalue weighted by molar-refractivity contribution is 0.603. The Hall–Kier alpha value is -1.03. The van der Waals surface area contributed by atoms with Crippen LogP contribution in [0.1, 0.15) is 24.2 Å². The maximum atomic E-state index is 5.90. The minimum absolute atomic E-state index is 0.314. The average molecular weight is 307 g/mol. The number of rotatable bonds is 6. The first-order chi connectivity index (χ1) is 9.69. The summed E-state index contributed by atoms with van der Waals surface area (Å²) in [6.07, 6.45) is 1.96. The Morgan fingerprint density at radius 1 is 1.20 bits per heavy atom. The summed E-state index contributed by atoms with van der Waals surface area (Å²) >= 11 is 7.73. The van der Waals surface area contributed by atoms with Crippen molar-refractivity contribution >= 4 is 23.4 Å². The van der Waals surface area contributed by atoms with Crippen molar-refractivity contribution in [3.05, 3.63) is 58.9 Å². The van der Waals surface area contributed by atoms with Crippen molar-refractivity contribution in [3.8, 4) is 0 Å². The lowest BCUT2D eigenvalue weighted by Crippen LogP contribution is -2.23. The van der Waals surface area contributed by atoms with E-state index in [-0.39, 0.29) is 0 Å². The van der Waals surface area contributed by atoms with Gasteiger partial charge in [0.2, 0.25) is 0 Å². The van der Waals surface area contributed by atoms with Gasteiger partial charge in [-0.25, -0.2) is 0 Å². The van der Waals surface area contributed by atoms with Crippen LogP contribution < -0.4 is 5.32 Å². The van der Waals surface area contributed by atoms with Gasteiger partial charge in [-0.1, -0.05) is 24.6 Å². The molecule has 0 amide bonds. The van der Waals surface area contributed by atoms with Crippen LogP contribution in [-0.2, 0) is 0 Å². The Labute approximate surface area is 130 Å². The molecule has 20 heavy (non-hydrogen) atoms. The quantitative estimate of drug-likeness (QED) is 0.796. The molecule has 1 aromatic carbocycles. The van der Waals surface area contributed by atoms with Gasteiger partial charge in [0.1, 0.15) is 0 Å². The summed E-state index contributed by atoms with van der Waals surface area (Å²) < 4.78 is 0. The van der Waals surface area contributed by atoms with E-state index in [0.29, 0.717) is 6.04 Å². The fourth-order valence-corrected chi connectivity index (χ4v) is 3.04. The van der Waals surface area contributed by atoms with Crippen LogP contribution in [-0.4, -0.2) is 17.3 Å². The Morgan fingerprint density at radius 3 is 2.55 bits per heavy atom. The Balaban J connectivity index is 2.02. The zero-order valence-electron chi connectivity index (χ0n) is 11.8. The summed E-state index contributed by atoms with van der Waals surface area (Å²) in [4.78, 5) is 5.62. The number of hydrogen-bond donors (Lipinski definition) is 1. The number of thioether (sulfide) groups is 1. The van der Waals surface area contributed by atoms with Crippen LogP contribution in [0.5, 0.6) is 0 Å². The molecule has 4 heteroatoms. The van der Waals surface area contributed by atoms with Crippen LogP contribution in [0.15, 0.2) is 47.5 Å². The van der Waals surface area contributed by atoms with Gasteiger partial charge in [0, 0.05) is 33.6 Å². The third-order valence-corrected chi connectivity index (χ3v) is 4.37. The van der Waals surface area contributed by atoms with Crippen molar-refractivity contribution in [2.75, 3.05) is 12.3 Å². The van der Waals surface area contributed by atoms with Gasteiger partial charge in [0.05, 0.1) is 0 Å². The molecule has 0 bridgehead atoms. The highest BCUT2D eigenvalue weighted by Gasteiger charge is 2.11. The fraction of sp³-hybridized carbons (Fsp3) is 0.312. The highest BCUT2D eigenvalue weighted by molar-refractivity contribution is 7.99. The third-order valence-electron chi connectivity index (χ3n) is 3.02. The van der Waals surface area contributed by atoms with Crippen molar-refractivity contribution < 1.29 is 0 Å². The standard InChI is InChI=1S/C16H19ClN2S/c1-3-18-16(13-5-4-12(2)19-10-13)11-20-15-8-6-14(17)7-9-15/h4-10,16,18H,3,11H2,1-2H3. The van der Waals surface area contributed by atoms with Crippen LogP contribution in [0.3, 0.4) is 0 Å². The van der Waals surface area contributed by atoms with E-state index in [1.165, 1.54) is 10.5 Å². The second-order valence-electron chi connectivity index (χ2n) is 4.61. The maximum Gasteiger partial charge on any atom is 0.0430 e. The number of pyridine rings is 1. The third kappa shape index (κ3) is 4.51. The predicted molar refractivity (Wildman–Crippen MR) is 87.6 cm³/mol. The summed E-state index contributed by atoms with van der Waals surface area (Å²) in [6.45, 7) is 5.08. The van der Waals surface area contributed by atoms with Crippen LogP contribution in [0.4, 0.5) is 0 Å². The second kappa shape index (κ2) is 7.67. The average Bonchev–Trinajstić information content (AvgIpc) is 2.46. The molecule has 1 atom stereocenters. The van der Waals surface area contributed by atoms with Crippen molar-refractivity contribution in [2.24, 2.45) is 0 Å². The molecule has 0 aliphatic carbocycles. The number of benzene rings is 1. The van der Waals surface area contributed by atoms with Gasteiger partial charge in [-0.05, 0) is 49.4 Å². The number of aryl methyl sites for hydroxylation is 1. The van der Waals surface area contributed by atoms with Gasteiger partial charge in [0.25, 0.3) is 0 Å². The predicted octanol–water partition coefficient (Wildman–Crippen LogP) is 4.49. The number of hydrogen-bond acceptors (Lipinski definition) is 3. The van der Waals surface area contributed by atoms with E-state index in [2.05, 4.69) is 41.5 Å². The van der Waals surface area contributed by atoms with Crippen LogP contribution in [0, 0.1) is 6.92 Å². The van der Waals surface area contributed by atoms with E-state index >= 15 is 0 Å². The molecule has 1 heterocycles. The van der Waals surface area contributed by atoms with Crippen molar-refractivity contribution in [2.45, 2.75) is 24.8 Å². The number of nitrogens with zero attached hydrogens (tertiary/aromatic N) is 1. The monoisotopic (exact) mass is 306 g/mol. The van der Waals surface area contributed by atoms with E-state index in [4.69, 9.17) is 11.6 Å². The van der Waals surface area contributed by atoms with E-state index in [1.54, 1.807) is 0 Å². The summed E-state index contributed by atoms with van der Waals surface area (Å²) in [6, 6.07) is 12.5. The first kappa shape index (κ1) is 15.4. The van der Waals surface area contributed by atoms with Gasteiger partial charge in [-0.3, -0.25) is 4.98 Å². The van der Waals surface area contributed by atoms with Crippen molar-refractivity contribution in [1.29, 1.82) is 0 Å². The second-order valence-corrected chi connectivity index (χ2v) is 6.14. The zero-order valence-corrected chi connectivity index (χ0v) is 13.3. The lowest BCUT2D eigenvalue weighted by atomic mass is 10.1. The normalized spacial score (nSPS) is 12.3. The zero-order chi connectivity index (χ0) is 14.4. The van der Waals surface area contributed by atoms with Crippen molar-refractivity contribution in [1.82, 2.24) is 10.3 Å². The highest BCUT2D eigenvalue weighted by Crippen LogP contribution is 2.25. The van der Waals surface area contributed by atoms with E-state index in [1.807, 2.05) is 37.0 Å². The van der Waals surface area contributed by atoms with Gasteiger partial charge < -0.3 is 5.32 Å². The van der Waals surface area contributed by atoms with Crippen LogP contribution in [0.25, 0.3) is 0 Å². The molecule has 2 rings (SSSR count). The number of aromatic nitrogens is 1. The molecule has 0 fully saturated rings. The van der Waals surface area contributed by atoms with Crippen LogP contribution >= 0.6 is 23.4 Å². The molecule has 0 aliphatic heterocycles. The molecule has 0 radical (unpaired) electrons. The first-order valence-corrected chi connectivity index (χ1v) is 8.09. The number of halogens is 1. The summed E-state index contributed by atoms with van der Waals surface area (Å²) in [5.74, 6) is 0.972. The fourth-order valence-electron chi connectivity index (χ4n) is 1.92. The van der Waals surface area contributed by atoms with Crippen molar-refractivity contribution in [3.63, 3.8) is 0 Å². The Bertz CT molecular complexity index is 525. The van der Waals surface area contributed by atoms with Crippen LogP contribution in [0.2, 0.25) is 5.02 Å². The SMILES string of the molecule is CCNC(CSc1ccc(Cl)cc1)c1ccc(C)nc1. The van der Waals surface area contributed by atoms with Gasteiger partial charge in [-0.15, -0.1) is 11.8 Å². The molecule has 0 spiro atoms. The maximum absolute atomic E-state index is 5.90. The van der Waals surface area contributed by atoms with E-state index < -0.39 is 0 Å². The number of nitrogens with one attached hydrogen (secondary N) is 1. The minimum Gasteiger partial charge on any atom is -0.309 e. The Kier molecular flexibility index (Phi) is 5.89. The highest BCUT2D eigenvalue weighted by atomic mass is 35.5. The van der Waals surface area contributed by atoms with Gasteiger partial charge in [-0.2, -0.15) is 0 Å². The Morgan fingerprint density at radius 2 is 1.95 bits per heavy atom. The molecule has 0 aliphatic rings. The summed E-state index contributed by atoms with van der Waals surface area (Å²) in [5.41, 5.74) is 2.29. The molecular formula is C16H19ClN2S. The molecule has 1 unspecified atom stereocenters. The molecule has 0 saturated heterocycles. The largest absolute Gasteiger partial charge is 0.309 e. The van der Waals surface area contributed by atoms with Gasteiger partial charge >= 0.3 is 0 Å². The topological polar surface area (TPSA) is 24.9 Å². The molecule has 1 N–H and O–H groups in total. The van der Waals surface area contributed by atoms with E-state index in [9.17, 15) is 0 Å². The molecule has 106 valence electrons. The summed E-state index contributed by atoms with van der Waals surface area (Å²) in [5, 5.41) is 4.29. The molecule has 1 aromatic heterocycles. The molecular weight excluding hydrogens is 288 g/mol. The molecule has 2 aromatic rings. The first-order valence-electron chi connectivity index (χ1n) is 6.73. The minimum atomic E-state index is 0.314. The molecule has 2 nitrogen and oxygen atoms in total. The molecule has 0 saturated carbocycles. The van der Waals surface area contributed by atoms with Gasteiger partial charge in [0.15, 0.2) is 0 Å². The summed E-state index contributed by atoms with van der Waals surface area (Å²) in [7, 11) is 0.